The summed E-state index contributed by atoms with van der Waals surface area (Å²) in [5, 5.41) is 12.0. The molecule has 0 aromatic heterocycles. The maximum Gasteiger partial charge on any atom is 0.407 e. The van der Waals surface area contributed by atoms with Crippen molar-refractivity contribution in [3.8, 4) is 0 Å². The fourth-order valence-electron chi connectivity index (χ4n) is 3.15. The molecule has 0 radical (unpaired) electrons. The second-order valence-corrected chi connectivity index (χ2v) is 7.48. The lowest BCUT2D eigenvalue weighted by Crippen LogP contribution is -2.41. The Morgan fingerprint density at radius 3 is 2.26 bits per heavy atom. The summed E-state index contributed by atoms with van der Waals surface area (Å²) in [6.07, 6.45) is 6.33. The van der Waals surface area contributed by atoms with E-state index < -0.39 is 11.6 Å². The number of carboxylic acid groups (broad SMARTS) is 1. The first-order valence-corrected chi connectivity index (χ1v) is 8.53. The Bertz CT molecular complexity index is 442. The molecule has 0 aromatic rings. The monoisotopic (exact) mass is 325 g/mol. The number of hydrogen-bond donors (Lipinski definition) is 2. The predicted molar refractivity (Wildman–Crippen MR) is 90.3 cm³/mol. The smallest absolute Gasteiger partial charge is 0.407 e. The second kappa shape index (κ2) is 8.37. The van der Waals surface area contributed by atoms with Crippen molar-refractivity contribution in [2.24, 2.45) is 11.8 Å². The Hall–Kier alpha value is -1.52. The molecule has 132 valence electrons. The van der Waals surface area contributed by atoms with E-state index in [1.54, 1.807) is 6.92 Å². The number of carboxylic acids is 1. The minimum Gasteiger partial charge on any atom is -0.478 e. The molecule has 1 atom stereocenters. The molecule has 5 nitrogen and oxygen atoms in total. The maximum atomic E-state index is 11.8. The Labute approximate surface area is 139 Å². The number of rotatable bonds is 5. The van der Waals surface area contributed by atoms with Crippen LogP contribution in [0.15, 0.2) is 11.6 Å². The van der Waals surface area contributed by atoms with E-state index in [1.807, 2.05) is 26.8 Å². The fraction of sp³-hybridized carbons (Fsp3) is 0.778. The number of ether oxygens (including phenoxy) is 1. The van der Waals surface area contributed by atoms with E-state index in [0.717, 1.165) is 32.1 Å². The number of amides is 1. The summed E-state index contributed by atoms with van der Waals surface area (Å²) in [4.78, 5) is 22.8. The van der Waals surface area contributed by atoms with Gasteiger partial charge in [-0.15, -0.1) is 0 Å². The summed E-state index contributed by atoms with van der Waals surface area (Å²) in [5.41, 5.74) is -0.0563. The highest BCUT2D eigenvalue weighted by Gasteiger charge is 2.28. The molecule has 0 saturated heterocycles. The first-order chi connectivity index (χ1) is 10.6. The Kier molecular flexibility index (Phi) is 7.10. The Morgan fingerprint density at radius 2 is 1.83 bits per heavy atom. The highest BCUT2D eigenvalue weighted by atomic mass is 16.6. The van der Waals surface area contributed by atoms with E-state index in [0.29, 0.717) is 17.4 Å². The van der Waals surface area contributed by atoms with Gasteiger partial charge in [-0.3, -0.25) is 0 Å². The van der Waals surface area contributed by atoms with Gasteiger partial charge in [-0.25, -0.2) is 9.59 Å². The average Bonchev–Trinajstić information content (AvgIpc) is 2.43. The van der Waals surface area contributed by atoms with Gasteiger partial charge < -0.3 is 15.2 Å². The van der Waals surface area contributed by atoms with Gasteiger partial charge in [0, 0.05) is 11.6 Å². The predicted octanol–water partition coefficient (Wildman–Crippen LogP) is 4.13. The number of hydrogen-bond acceptors (Lipinski definition) is 3. The molecule has 23 heavy (non-hydrogen) atoms. The van der Waals surface area contributed by atoms with E-state index >= 15 is 0 Å². The molecule has 5 heteroatoms. The molecule has 1 rings (SSSR count). The van der Waals surface area contributed by atoms with Crippen molar-refractivity contribution < 1.29 is 19.4 Å². The van der Waals surface area contributed by atoms with Gasteiger partial charge in [0.25, 0.3) is 0 Å². The van der Waals surface area contributed by atoms with E-state index in [2.05, 4.69) is 12.2 Å². The van der Waals surface area contributed by atoms with Crippen LogP contribution in [-0.2, 0) is 9.53 Å². The van der Waals surface area contributed by atoms with Gasteiger partial charge in [0.1, 0.15) is 5.60 Å². The zero-order chi connectivity index (χ0) is 17.6. The van der Waals surface area contributed by atoms with E-state index in [4.69, 9.17) is 9.84 Å². The number of nitrogens with one attached hydrogen (secondary N) is 1. The fourth-order valence-corrected chi connectivity index (χ4v) is 3.15. The Balaban J connectivity index is 2.49. The van der Waals surface area contributed by atoms with E-state index in [-0.39, 0.29) is 12.1 Å². The van der Waals surface area contributed by atoms with Crippen molar-refractivity contribution in [1.29, 1.82) is 0 Å². The van der Waals surface area contributed by atoms with Crippen LogP contribution in [0.25, 0.3) is 0 Å². The van der Waals surface area contributed by atoms with E-state index in [1.165, 1.54) is 0 Å². The molecule has 1 aliphatic rings. The molecule has 1 fully saturated rings. The lowest BCUT2D eigenvalue weighted by molar-refractivity contribution is -0.132. The first kappa shape index (κ1) is 19.5. The van der Waals surface area contributed by atoms with Crippen LogP contribution in [0.2, 0.25) is 0 Å². The van der Waals surface area contributed by atoms with Crippen LogP contribution in [-0.4, -0.2) is 28.8 Å². The van der Waals surface area contributed by atoms with Crippen LogP contribution in [0.4, 0.5) is 4.79 Å². The summed E-state index contributed by atoms with van der Waals surface area (Å²) >= 11 is 0. The number of allylic oxidation sites excluding steroid dienone is 1. The van der Waals surface area contributed by atoms with Crippen LogP contribution in [0.1, 0.15) is 66.7 Å². The molecule has 1 unspecified atom stereocenters. The molecule has 1 amide bonds. The first-order valence-electron chi connectivity index (χ1n) is 8.53. The molecule has 0 heterocycles. The summed E-state index contributed by atoms with van der Waals surface area (Å²) in [6, 6.07) is 0.156. The molecule has 2 N–H and O–H groups in total. The number of aliphatic carboxylic acids is 1. The quantitative estimate of drug-likeness (QED) is 0.745. The summed E-state index contributed by atoms with van der Waals surface area (Å²) in [6.45, 7) is 9.31. The van der Waals surface area contributed by atoms with Crippen LogP contribution < -0.4 is 5.32 Å². The zero-order valence-corrected chi connectivity index (χ0v) is 15.0. The highest BCUT2D eigenvalue weighted by molar-refractivity contribution is 5.85. The number of alkyl carbamates (subject to hydrolysis) is 1. The van der Waals surface area contributed by atoms with Gasteiger partial charge in [0.05, 0.1) is 0 Å². The SMILES string of the molecule is CCC(/C=C(\C)C(=O)O)C1CCC(NC(=O)OC(C)(C)C)CC1. The van der Waals surface area contributed by atoms with Crippen LogP contribution in [0.5, 0.6) is 0 Å². The van der Waals surface area contributed by atoms with Gasteiger partial charge in [-0.1, -0.05) is 13.0 Å². The summed E-state index contributed by atoms with van der Waals surface area (Å²) < 4.78 is 5.29. The van der Waals surface area contributed by atoms with Gasteiger partial charge in [0.2, 0.25) is 0 Å². The van der Waals surface area contributed by atoms with Gasteiger partial charge >= 0.3 is 12.1 Å². The molecule has 1 saturated carbocycles. The Morgan fingerprint density at radius 1 is 1.26 bits per heavy atom. The van der Waals surface area contributed by atoms with Crippen molar-refractivity contribution in [2.75, 3.05) is 0 Å². The zero-order valence-electron chi connectivity index (χ0n) is 15.0. The molecule has 1 aliphatic carbocycles. The average molecular weight is 325 g/mol. The molecular formula is C18H31NO4. The minimum atomic E-state index is -0.844. The summed E-state index contributed by atoms with van der Waals surface area (Å²) in [5.74, 6) is -0.0525. The van der Waals surface area contributed by atoms with Crippen molar-refractivity contribution in [1.82, 2.24) is 5.32 Å². The largest absolute Gasteiger partial charge is 0.478 e. The van der Waals surface area contributed by atoms with Crippen LogP contribution in [0, 0.1) is 11.8 Å². The normalized spacial score (nSPS) is 24.0. The topological polar surface area (TPSA) is 75.6 Å². The molecule has 0 bridgehead atoms. The van der Waals surface area contributed by atoms with Crippen LogP contribution >= 0.6 is 0 Å². The van der Waals surface area contributed by atoms with Crippen LogP contribution in [0.3, 0.4) is 0 Å². The third-order valence-corrected chi connectivity index (χ3v) is 4.37. The minimum absolute atomic E-state index is 0.156. The van der Waals surface area contributed by atoms with Crippen molar-refractivity contribution >= 4 is 12.1 Å². The van der Waals surface area contributed by atoms with E-state index in [9.17, 15) is 9.59 Å². The van der Waals surface area contributed by atoms with Crippen molar-refractivity contribution in [3.63, 3.8) is 0 Å². The number of carbonyl (C=O) groups is 2. The summed E-state index contributed by atoms with van der Waals surface area (Å²) in [7, 11) is 0. The lowest BCUT2D eigenvalue weighted by Gasteiger charge is -2.33. The molecular weight excluding hydrogens is 294 g/mol. The van der Waals surface area contributed by atoms with Gasteiger partial charge in [-0.05, 0) is 71.6 Å². The molecule has 0 spiro atoms. The van der Waals surface area contributed by atoms with Crippen molar-refractivity contribution in [3.05, 3.63) is 11.6 Å². The maximum absolute atomic E-state index is 11.8. The molecule has 0 aliphatic heterocycles. The lowest BCUT2D eigenvalue weighted by atomic mass is 9.76. The number of carbonyl (C=O) groups excluding carboxylic acids is 1. The van der Waals surface area contributed by atoms with Gasteiger partial charge in [0.15, 0.2) is 0 Å². The molecule has 0 aromatic carbocycles. The third-order valence-electron chi connectivity index (χ3n) is 4.37. The second-order valence-electron chi connectivity index (χ2n) is 7.48. The highest BCUT2D eigenvalue weighted by Crippen LogP contribution is 2.33. The standard InChI is InChI=1S/C18H31NO4/c1-6-13(11-12(2)16(20)21)14-7-9-15(10-8-14)19-17(22)23-18(3,4)5/h11,13-15H,6-10H2,1-5H3,(H,19,22)(H,20,21)/b12-11+. The van der Waals surface area contributed by atoms with Crippen molar-refractivity contribution in [2.45, 2.75) is 78.4 Å². The third kappa shape index (κ3) is 7.06. The van der Waals surface area contributed by atoms with Gasteiger partial charge in [-0.2, -0.15) is 0 Å².